The fraction of sp³-hybridized carbons (Fsp3) is 0.280. The SMILES string of the molecule is OCC1CCC(Oc2nc3nc(-c4ccc(-c5ccccc5)cc4)c(Cl)cc3[nH]2)CC1. The number of aliphatic hydroxyl groups excluding tert-OH is 1. The molecule has 5 rings (SSSR count). The second-order valence-corrected chi connectivity index (χ2v) is 8.53. The normalized spacial score (nSPS) is 18.9. The number of aromatic nitrogens is 3. The van der Waals surface area contributed by atoms with E-state index in [1.807, 2.05) is 36.4 Å². The van der Waals surface area contributed by atoms with Crippen LogP contribution in [-0.4, -0.2) is 32.8 Å². The number of nitrogens with zero attached hydrogens (tertiary/aromatic N) is 2. The molecule has 6 heteroatoms. The molecule has 2 aromatic heterocycles. The fourth-order valence-corrected chi connectivity index (χ4v) is 4.46. The molecular formula is C25H24ClN3O2. The number of rotatable bonds is 5. The summed E-state index contributed by atoms with van der Waals surface area (Å²) in [5, 5.41) is 9.87. The van der Waals surface area contributed by atoms with E-state index in [0.717, 1.165) is 42.3 Å². The van der Waals surface area contributed by atoms with Crippen molar-refractivity contribution in [1.82, 2.24) is 15.0 Å². The highest BCUT2D eigenvalue weighted by Crippen LogP contribution is 2.32. The van der Waals surface area contributed by atoms with Crippen LogP contribution in [0.1, 0.15) is 25.7 Å². The van der Waals surface area contributed by atoms with Gasteiger partial charge in [0.25, 0.3) is 6.01 Å². The lowest BCUT2D eigenvalue weighted by atomic mass is 9.88. The van der Waals surface area contributed by atoms with Crippen molar-refractivity contribution >= 4 is 22.8 Å². The van der Waals surface area contributed by atoms with Crippen molar-refractivity contribution in [2.45, 2.75) is 31.8 Å². The third kappa shape index (κ3) is 4.29. The Morgan fingerprint density at radius 2 is 1.58 bits per heavy atom. The summed E-state index contributed by atoms with van der Waals surface area (Å²) in [5.41, 5.74) is 5.31. The molecule has 0 radical (unpaired) electrons. The van der Waals surface area contributed by atoms with Crippen LogP contribution < -0.4 is 4.74 Å². The van der Waals surface area contributed by atoms with E-state index in [1.54, 1.807) is 0 Å². The topological polar surface area (TPSA) is 71.0 Å². The second-order valence-electron chi connectivity index (χ2n) is 8.12. The average Bonchev–Trinajstić information content (AvgIpc) is 3.20. The van der Waals surface area contributed by atoms with Crippen LogP contribution in [0.15, 0.2) is 60.7 Å². The summed E-state index contributed by atoms with van der Waals surface area (Å²) in [6.45, 7) is 0.259. The summed E-state index contributed by atoms with van der Waals surface area (Å²) < 4.78 is 6.05. The number of imidazole rings is 1. The molecule has 0 spiro atoms. The molecule has 1 aliphatic rings. The number of ether oxygens (including phenoxy) is 1. The third-order valence-electron chi connectivity index (χ3n) is 6.00. The molecule has 2 N–H and O–H groups in total. The van der Waals surface area contributed by atoms with Crippen molar-refractivity contribution < 1.29 is 9.84 Å². The fourth-order valence-electron chi connectivity index (χ4n) is 4.20. The summed E-state index contributed by atoms with van der Waals surface area (Å²) in [4.78, 5) is 12.4. The predicted molar refractivity (Wildman–Crippen MR) is 123 cm³/mol. The lowest BCUT2D eigenvalue weighted by molar-refractivity contribution is 0.0976. The Morgan fingerprint density at radius 3 is 2.29 bits per heavy atom. The highest BCUT2D eigenvalue weighted by atomic mass is 35.5. The van der Waals surface area contributed by atoms with E-state index in [4.69, 9.17) is 21.3 Å². The Kier molecular flexibility index (Phi) is 5.62. The van der Waals surface area contributed by atoms with E-state index in [0.29, 0.717) is 28.3 Å². The number of fused-ring (bicyclic) bond motifs is 1. The molecule has 31 heavy (non-hydrogen) atoms. The first-order chi connectivity index (χ1) is 15.2. The van der Waals surface area contributed by atoms with Gasteiger partial charge in [-0.3, -0.25) is 0 Å². The van der Waals surface area contributed by atoms with Crippen molar-refractivity contribution in [3.8, 4) is 28.4 Å². The molecule has 0 aliphatic heterocycles. The summed E-state index contributed by atoms with van der Waals surface area (Å²) >= 11 is 6.55. The quantitative estimate of drug-likeness (QED) is 0.412. The Morgan fingerprint density at radius 1 is 0.903 bits per heavy atom. The molecule has 0 unspecified atom stereocenters. The Labute approximate surface area is 186 Å². The van der Waals surface area contributed by atoms with E-state index in [1.165, 1.54) is 5.56 Å². The maximum Gasteiger partial charge on any atom is 0.296 e. The Balaban J connectivity index is 1.37. The zero-order chi connectivity index (χ0) is 21.2. The number of nitrogens with one attached hydrogen (secondary N) is 1. The van der Waals surface area contributed by atoms with Gasteiger partial charge in [0.2, 0.25) is 0 Å². The molecular weight excluding hydrogens is 410 g/mol. The number of hydrogen-bond acceptors (Lipinski definition) is 4. The molecule has 0 atom stereocenters. The molecule has 0 saturated heterocycles. The van der Waals surface area contributed by atoms with E-state index < -0.39 is 0 Å². The number of aromatic amines is 1. The maximum atomic E-state index is 9.30. The van der Waals surface area contributed by atoms with Gasteiger partial charge in [-0.1, -0.05) is 66.2 Å². The molecule has 2 heterocycles. The first-order valence-electron chi connectivity index (χ1n) is 10.7. The predicted octanol–water partition coefficient (Wildman–Crippen LogP) is 5.88. The van der Waals surface area contributed by atoms with Crippen LogP contribution in [0, 0.1) is 5.92 Å². The zero-order valence-corrected chi connectivity index (χ0v) is 17.8. The number of benzene rings is 2. The number of H-pyrrole nitrogens is 1. The summed E-state index contributed by atoms with van der Waals surface area (Å²) in [6, 6.07) is 20.8. The van der Waals surface area contributed by atoms with Gasteiger partial charge < -0.3 is 14.8 Å². The molecule has 0 amide bonds. The van der Waals surface area contributed by atoms with E-state index in [9.17, 15) is 5.11 Å². The van der Waals surface area contributed by atoms with Crippen molar-refractivity contribution in [1.29, 1.82) is 0 Å². The van der Waals surface area contributed by atoms with Gasteiger partial charge >= 0.3 is 0 Å². The lowest BCUT2D eigenvalue weighted by Crippen LogP contribution is -2.25. The number of halogens is 1. The maximum absolute atomic E-state index is 9.30. The summed E-state index contributed by atoms with van der Waals surface area (Å²) in [5.74, 6) is 0.395. The highest BCUT2D eigenvalue weighted by Gasteiger charge is 2.23. The monoisotopic (exact) mass is 433 g/mol. The molecule has 2 aromatic carbocycles. The van der Waals surface area contributed by atoms with Crippen LogP contribution in [0.3, 0.4) is 0 Å². The van der Waals surface area contributed by atoms with Crippen LogP contribution in [0.4, 0.5) is 0 Å². The van der Waals surface area contributed by atoms with Crippen molar-refractivity contribution in [3.05, 3.63) is 65.7 Å². The van der Waals surface area contributed by atoms with E-state index in [-0.39, 0.29) is 12.7 Å². The largest absolute Gasteiger partial charge is 0.461 e. The Bertz CT molecular complexity index is 1170. The summed E-state index contributed by atoms with van der Waals surface area (Å²) in [6.07, 6.45) is 3.93. The van der Waals surface area contributed by atoms with Crippen LogP contribution in [0.2, 0.25) is 5.02 Å². The average molecular weight is 434 g/mol. The minimum absolute atomic E-state index is 0.115. The molecule has 1 saturated carbocycles. The number of hydrogen-bond donors (Lipinski definition) is 2. The van der Waals surface area contributed by atoms with Gasteiger partial charge in [-0.15, -0.1) is 0 Å². The van der Waals surface area contributed by atoms with Crippen LogP contribution in [0.25, 0.3) is 33.5 Å². The number of aliphatic hydroxyl groups is 1. The van der Waals surface area contributed by atoms with Crippen LogP contribution in [0.5, 0.6) is 6.01 Å². The van der Waals surface area contributed by atoms with Gasteiger partial charge in [0.15, 0.2) is 5.65 Å². The van der Waals surface area contributed by atoms with Gasteiger partial charge in [0.05, 0.1) is 16.2 Å². The second kappa shape index (κ2) is 8.69. The minimum Gasteiger partial charge on any atom is -0.461 e. The van der Waals surface area contributed by atoms with Gasteiger partial charge in [-0.2, -0.15) is 4.98 Å². The van der Waals surface area contributed by atoms with Crippen molar-refractivity contribution in [3.63, 3.8) is 0 Å². The van der Waals surface area contributed by atoms with Crippen molar-refractivity contribution in [2.24, 2.45) is 5.92 Å². The van der Waals surface area contributed by atoms with Gasteiger partial charge in [0.1, 0.15) is 6.10 Å². The van der Waals surface area contributed by atoms with Gasteiger partial charge in [-0.25, -0.2) is 4.98 Å². The smallest absolute Gasteiger partial charge is 0.296 e. The molecule has 5 nitrogen and oxygen atoms in total. The van der Waals surface area contributed by atoms with E-state index >= 15 is 0 Å². The molecule has 158 valence electrons. The third-order valence-corrected chi connectivity index (χ3v) is 6.29. The molecule has 1 aliphatic carbocycles. The number of pyridine rings is 1. The van der Waals surface area contributed by atoms with Crippen LogP contribution >= 0.6 is 11.6 Å². The standard InChI is InChI=1S/C25H24ClN3O2/c26-21-14-22-24(29-25(27-22)31-20-12-6-16(15-30)7-13-20)28-23(21)19-10-8-18(9-11-19)17-4-2-1-3-5-17/h1-5,8-11,14,16,20,30H,6-7,12-13,15H2,(H,27,28,29). The Hall–Kier alpha value is -2.89. The first kappa shape index (κ1) is 20.0. The lowest BCUT2D eigenvalue weighted by Gasteiger charge is -2.26. The molecule has 1 fully saturated rings. The minimum atomic E-state index is 0.115. The molecule has 4 aromatic rings. The van der Waals surface area contributed by atoms with Crippen LogP contribution in [-0.2, 0) is 0 Å². The zero-order valence-electron chi connectivity index (χ0n) is 17.1. The van der Waals surface area contributed by atoms with Gasteiger partial charge in [0, 0.05) is 12.2 Å². The summed E-state index contributed by atoms with van der Waals surface area (Å²) in [7, 11) is 0. The van der Waals surface area contributed by atoms with E-state index in [2.05, 4.69) is 34.2 Å². The first-order valence-corrected chi connectivity index (χ1v) is 11.1. The highest BCUT2D eigenvalue weighted by molar-refractivity contribution is 6.33. The molecule has 0 bridgehead atoms. The van der Waals surface area contributed by atoms with Gasteiger partial charge in [-0.05, 0) is 48.8 Å². The van der Waals surface area contributed by atoms with Crippen molar-refractivity contribution in [2.75, 3.05) is 6.61 Å².